The Morgan fingerprint density at radius 2 is 2.03 bits per heavy atom. The quantitative estimate of drug-likeness (QED) is 0.244. The van der Waals surface area contributed by atoms with E-state index in [0.717, 1.165) is 11.8 Å². The summed E-state index contributed by atoms with van der Waals surface area (Å²) in [5.41, 5.74) is 0.779. The van der Waals surface area contributed by atoms with Gasteiger partial charge in [0.1, 0.15) is 0 Å². The third kappa shape index (κ3) is 4.65. The van der Waals surface area contributed by atoms with Crippen molar-refractivity contribution >= 4 is 55.9 Å². The van der Waals surface area contributed by atoms with E-state index in [9.17, 15) is 19.7 Å². The fourth-order valence-electron chi connectivity index (χ4n) is 2.72. The second-order valence-electron chi connectivity index (χ2n) is 6.44. The molecular weight excluding hydrogens is 460 g/mol. The minimum absolute atomic E-state index is 0.0287. The number of hydrogen-bond acceptors (Lipinski definition) is 6. The fourth-order valence-corrected chi connectivity index (χ4v) is 4.11. The number of nitro benzene ring substituents is 1. The van der Waals surface area contributed by atoms with Gasteiger partial charge >= 0.3 is 0 Å². The Kier molecular flexibility index (Phi) is 6.33. The highest BCUT2D eigenvalue weighted by molar-refractivity contribution is 9.10. The largest absolute Gasteiger partial charge is 0.324 e. The topological polar surface area (TPSA) is 107 Å². The zero-order chi connectivity index (χ0) is 21.1. The van der Waals surface area contributed by atoms with Crippen molar-refractivity contribution in [2.45, 2.75) is 25.0 Å². The highest BCUT2D eigenvalue weighted by Crippen LogP contribution is 2.28. The number of nitrogens with zero attached hydrogens (tertiary/aromatic N) is 3. The zero-order valence-electron chi connectivity index (χ0n) is 15.6. The lowest BCUT2D eigenvalue weighted by Crippen LogP contribution is -2.25. The van der Waals surface area contributed by atoms with Crippen molar-refractivity contribution in [2.24, 2.45) is 0 Å². The number of anilines is 1. The van der Waals surface area contributed by atoms with E-state index >= 15 is 0 Å². The van der Waals surface area contributed by atoms with E-state index in [1.54, 1.807) is 22.8 Å². The van der Waals surface area contributed by atoms with Crippen LogP contribution in [0.5, 0.6) is 0 Å². The molecule has 3 rings (SSSR count). The third-order valence-corrected chi connectivity index (χ3v) is 5.67. The molecule has 0 aliphatic carbocycles. The Morgan fingerprint density at radius 1 is 1.31 bits per heavy atom. The normalized spacial score (nSPS) is 11.0. The van der Waals surface area contributed by atoms with Gasteiger partial charge < -0.3 is 5.32 Å². The van der Waals surface area contributed by atoms with Gasteiger partial charge in [0.2, 0.25) is 5.91 Å². The first kappa shape index (κ1) is 21.0. The minimum atomic E-state index is -0.511. The maximum Gasteiger partial charge on any atom is 0.270 e. The number of non-ortho nitro benzene ring substituents is 1. The van der Waals surface area contributed by atoms with Crippen LogP contribution in [-0.4, -0.2) is 26.1 Å². The lowest BCUT2D eigenvalue weighted by atomic mass is 10.2. The van der Waals surface area contributed by atoms with Gasteiger partial charge in [-0.2, -0.15) is 0 Å². The maximum absolute atomic E-state index is 12.8. The molecule has 0 aliphatic rings. The molecule has 0 atom stereocenters. The number of halogens is 1. The molecule has 29 heavy (non-hydrogen) atoms. The molecule has 1 N–H and O–H groups in total. The van der Waals surface area contributed by atoms with Crippen LogP contribution in [0.1, 0.15) is 19.9 Å². The number of para-hydroxylation sites is 1. The number of nitrogens with one attached hydrogen (secondary N) is 1. The number of thioether (sulfide) groups is 1. The number of carbonyl (C=O) groups excluding carboxylic acids is 1. The van der Waals surface area contributed by atoms with Gasteiger partial charge in [-0.3, -0.25) is 24.3 Å². The summed E-state index contributed by atoms with van der Waals surface area (Å²) in [6.45, 7) is 3.77. The number of carbonyl (C=O) groups is 1. The van der Waals surface area contributed by atoms with Gasteiger partial charge in [-0.25, -0.2) is 4.98 Å². The molecule has 0 radical (unpaired) electrons. The molecule has 0 bridgehead atoms. The van der Waals surface area contributed by atoms with E-state index in [1.165, 1.54) is 18.2 Å². The Hall–Kier alpha value is -2.72. The smallest absolute Gasteiger partial charge is 0.270 e. The first-order valence-electron chi connectivity index (χ1n) is 8.66. The van der Waals surface area contributed by atoms with Crippen molar-refractivity contribution in [3.63, 3.8) is 0 Å². The molecular formula is C19H17BrN4O4S. The Balaban J connectivity index is 1.80. The second kappa shape index (κ2) is 8.75. The summed E-state index contributed by atoms with van der Waals surface area (Å²) in [7, 11) is 0. The summed E-state index contributed by atoms with van der Waals surface area (Å²) in [5, 5.41) is 14.5. The summed E-state index contributed by atoms with van der Waals surface area (Å²) in [4.78, 5) is 40.0. The molecule has 0 unspecified atom stereocenters. The van der Waals surface area contributed by atoms with Crippen molar-refractivity contribution in [1.82, 2.24) is 9.55 Å². The molecule has 3 aromatic rings. The molecule has 0 spiro atoms. The monoisotopic (exact) mass is 476 g/mol. The van der Waals surface area contributed by atoms with Gasteiger partial charge in [0.25, 0.3) is 11.2 Å². The van der Waals surface area contributed by atoms with Gasteiger partial charge in [-0.05, 0) is 48.0 Å². The van der Waals surface area contributed by atoms with Gasteiger partial charge in [-0.1, -0.05) is 23.9 Å². The maximum atomic E-state index is 12.8. The fraction of sp³-hybridized carbons (Fsp3) is 0.211. The van der Waals surface area contributed by atoms with E-state index in [4.69, 9.17) is 0 Å². The van der Waals surface area contributed by atoms with Crippen LogP contribution < -0.4 is 10.9 Å². The molecule has 1 aromatic heterocycles. The lowest BCUT2D eigenvalue weighted by molar-refractivity contribution is -0.384. The van der Waals surface area contributed by atoms with Crippen LogP contribution in [-0.2, 0) is 4.79 Å². The summed E-state index contributed by atoms with van der Waals surface area (Å²) in [6, 6.07) is 11.1. The van der Waals surface area contributed by atoms with Crippen LogP contribution in [0.25, 0.3) is 10.9 Å². The summed E-state index contributed by atoms with van der Waals surface area (Å²) in [6.07, 6.45) is 0. The van der Waals surface area contributed by atoms with Gasteiger partial charge in [0.05, 0.1) is 27.3 Å². The van der Waals surface area contributed by atoms with Crippen molar-refractivity contribution in [3.8, 4) is 0 Å². The first-order chi connectivity index (χ1) is 13.8. The Labute approximate surface area is 178 Å². The van der Waals surface area contributed by atoms with Crippen LogP contribution in [0, 0.1) is 10.1 Å². The van der Waals surface area contributed by atoms with Crippen LogP contribution in [0.2, 0.25) is 0 Å². The van der Waals surface area contributed by atoms with Crippen LogP contribution in [0.4, 0.5) is 11.4 Å². The standard InChI is InChI=1S/C19H17BrN4O4S/c1-11(2)23-18(26)13-5-3-4-6-15(13)22-19(23)29-10-17(25)21-16-8-7-12(24(27)28)9-14(16)20/h3-9,11H,10H2,1-2H3,(H,21,25). The van der Waals surface area contributed by atoms with Crippen molar-refractivity contribution in [2.75, 3.05) is 11.1 Å². The summed E-state index contributed by atoms with van der Waals surface area (Å²) >= 11 is 4.39. The average molecular weight is 477 g/mol. The van der Waals surface area contributed by atoms with Crippen LogP contribution in [0.15, 0.2) is 56.9 Å². The van der Waals surface area contributed by atoms with E-state index in [-0.39, 0.29) is 28.9 Å². The number of nitro groups is 1. The third-order valence-electron chi connectivity index (χ3n) is 4.06. The van der Waals surface area contributed by atoms with Crippen LogP contribution in [0.3, 0.4) is 0 Å². The Morgan fingerprint density at radius 3 is 2.69 bits per heavy atom. The molecule has 0 fully saturated rings. The number of aromatic nitrogens is 2. The predicted molar refractivity (Wildman–Crippen MR) is 117 cm³/mol. The van der Waals surface area contributed by atoms with Gasteiger partial charge in [0.15, 0.2) is 5.16 Å². The Bertz CT molecular complexity index is 1160. The van der Waals surface area contributed by atoms with Crippen LogP contribution >= 0.6 is 27.7 Å². The second-order valence-corrected chi connectivity index (χ2v) is 8.24. The first-order valence-corrected chi connectivity index (χ1v) is 10.4. The highest BCUT2D eigenvalue weighted by atomic mass is 79.9. The number of benzene rings is 2. The lowest BCUT2D eigenvalue weighted by Gasteiger charge is -2.16. The highest BCUT2D eigenvalue weighted by Gasteiger charge is 2.16. The van der Waals surface area contributed by atoms with E-state index < -0.39 is 4.92 Å². The summed E-state index contributed by atoms with van der Waals surface area (Å²) < 4.78 is 1.98. The molecule has 1 amide bonds. The average Bonchev–Trinajstić information content (AvgIpc) is 2.67. The zero-order valence-corrected chi connectivity index (χ0v) is 18.0. The van der Waals surface area contributed by atoms with E-state index in [2.05, 4.69) is 26.2 Å². The molecule has 0 saturated heterocycles. The molecule has 0 saturated carbocycles. The SMILES string of the molecule is CC(C)n1c(SCC(=O)Nc2ccc([N+](=O)[O-])cc2Br)nc2ccccc2c1=O. The van der Waals surface area contributed by atoms with Crippen molar-refractivity contribution in [3.05, 3.63) is 67.4 Å². The summed E-state index contributed by atoms with van der Waals surface area (Å²) in [5.74, 6) is -0.289. The van der Waals surface area contributed by atoms with Crippen molar-refractivity contribution < 1.29 is 9.72 Å². The number of fused-ring (bicyclic) bond motifs is 1. The number of rotatable bonds is 6. The minimum Gasteiger partial charge on any atom is -0.324 e. The van der Waals surface area contributed by atoms with E-state index in [0.29, 0.717) is 26.2 Å². The van der Waals surface area contributed by atoms with Gasteiger partial charge in [-0.15, -0.1) is 0 Å². The molecule has 0 aliphatic heterocycles. The molecule has 10 heteroatoms. The predicted octanol–water partition coefficient (Wildman–Crippen LogP) is 4.38. The molecule has 8 nitrogen and oxygen atoms in total. The molecule has 1 heterocycles. The molecule has 150 valence electrons. The van der Waals surface area contributed by atoms with Crippen molar-refractivity contribution in [1.29, 1.82) is 0 Å². The number of hydrogen-bond donors (Lipinski definition) is 1. The van der Waals surface area contributed by atoms with Gasteiger partial charge in [0, 0.05) is 22.6 Å². The van der Waals surface area contributed by atoms with E-state index in [1.807, 2.05) is 19.9 Å². The molecule has 2 aromatic carbocycles. The number of amides is 1.